The molecule has 1 aliphatic heterocycles. The molecular weight excluding hydrogens is 432 g/mol. The fourth-order valence-electron chi connectivity index (χ4n) is 4.01. The Hall–Kier alpha value is -3.78. The number of hydrogen-bond donors (Lipinski definition) is 2. The molecule has 0 amide bonds. The van der Waals surface area contributed by atoms with Gasteiger partial charge in [-0.15, -0.1) is 5.10 Å². The molecule has 1 unspecified atom stereocenters. The van der Waals surface area contributed by atoms with E-state index in [9.17, 15) is 5.26 Å². The number of nitriles is 1. The van der Waals surface area contributed by atoms with Crippen LogP contribution in [-0.4, -0.2) is 55.2 Å². The number of nitrogens with one attached hydrogen (secondary N) is 1. The minimum Gasteiger partial charge on any atom is -0.482 e. The predicted molar refractivity (Wildman–Crippen MR) is 129 cm³/mol. The van der Waals surface area contributed by atoms with Crippen LogP contribution in [0.15, 0.2) is 34.8 Å². The van der Waals surface area contributed by atoms with Crippen molar-refractivity contribution in [3.05, 3.63) is 41.5 Å². The van der Waals surface area contributed by atoms with Crippen molar-refractivity contribution in [1.29, 1.82) is 5.26 Å². The quantitative estimate of drug-likeness (QED) is 0.312. The summed E-state index contributed by atoms with van der Waals surface area (Å²) in [6, 6.07) is 4.43. The third-order valence-electron chi connectivity index (χ3n) is 5.90. The summed E-state index contributed by atoms with van der Waals surface area (Å²) in [6.45, 7) is 9.76. The maximum atomic E-state index is 9.61. The molecule has 0 radical (unpaired) electrons. The number of nitrogens with two attached hydrogens (primary N) is 1. The molecule has 3 aromatic heterocycles. The molecule has 0 bridgehead atoms. The van der Waals surface area contributed by atoms with Crippen molar-refractivity contribution in [3.8, 4) is 11.8 Å². The highest BCUT2D eigenvalue weighted by Crippen LogP contribution is 2.29. The number of pyridine rings is 1. The van der Waals surface area contributed by atoms with Gasteiger partial charge in [-0.05, 0) is 59.7 Å². The summed E-state index contributed by atoms with van der Waals surface area (Å²) in [7, 11) is 0. The summed E-state index contributed by atoms with van der Waals surface area (Å²) in [4.78, 5) is 4.86. The third kappa shape index (κ3) is 4.77. The molecule has 0 aliphatic carbocycles. The van der Waals surface area contributed by atoms with E-state index in [0.717, 1.165) is 31.6 Å². The first-order valence-corrected chi connectivity index (χ1v) is 11.4. The SMILES string of the molecule is CC(=NC1CCNCC1)C(=NN)c1cc(OC(C)c2cn(C(C)C)nn2)c2c(C#N)cnn2c1. The summed E-state index contributed by atoms with van der Waals surface area (Å²) >= 11 is 0. The summed E-state index contributed by atoms with van der Waals surface area (Å²) in [6.07, 6.45) is 6.71. The Morgan fingerprint density at radius 2 is 2.06 bits per heavy atom. The van der Waals surface area contributed by atoms with E-state index in [-0.39, 0.29) is 12.1 Å². The van der Waals surface area contributed by atoms with Crippen molar-refractivity contribution < 1.29 is 4.74 Å². The van der Waals surface area contributed by atoms with Gasteiger partial charge >= 0.3 is 0 Å². The molecule has 3 N–H and O–H groups in total. The Labute approximate surface area is 198 Å². The minimum absolute atomic E-state index is 0.189. The molecule has 11 heteroatoms. The Morgan fingerprint density at radius 3 is 2.71 bits per heavy atom. The van der Waals surface area contributed by atoms with Crippen LogP contribution in [-0.2, 0) is 0 Å². The standard InChI is InChI=1S/C23H30N10O/c1-14(2)32-13-20(30-31-32)16(4)34-21-9-17(12-33-23(21)18(10-24)11-27-33)22(29-25)15(3)28-19-5-7-26-8-6-19/h9,11-14,16,19,26H,5-8,25H2,1-4H3. The number of ether oxygens (including phenoxy) is 1. The summed E-state index contributed by atoms with van der Waals surface area (Å²) in [5.74, 6) is 6.29. The smallest absolute Gasteiger partial charge is 0.148 e. The second-order valence-electron chi connectivity index (χ2n) is 8.71. The molecule has 11 nitrogen and oxygen atoms in total. The van der Waals surface area contributed by atoms with Crippen molar-refractivity contribution in [2.24, 2.45) is 15.9 Å². The third-order valence-corrected chi connectivity index (χ3v) is 5.90. The number of piperidine rings is 1. The van der Waals surface area contributed by atoms with Crippen LogP contribution in [0.2, 0.25) is 0 Å². The first-order chi connectivity index (χ1) is 16.4. The number of aliphatic imine (C=N–C) groups is 1. The molecule has 4 heterocycles. The normalized spacial score (nSPS) is 16.7. The van der Waals surface area contributed by atoms with Crippen LogP contribution in [0.25, 0.3) is 5.52 Å². The van der Waals surface area contributed by atoms with E-state index in [1.54, 1.807) is 15.4 Å². The monoisotopic (exact) mass is 462 g/mol. The molecule has 0 saturated carbocycles. The zero-order valence-electron chi connectivity index (χ0n) is 19.9. The molecule has 3 aromatic rings. The maximum absolute atomic E-state index is 9.61. The van der Waals surface area contributed by atoms with Gasteiger partial charge in [0.2, 0.25) is 0 Å². The number of rotatable bonds is 7. The average Bonchev–Trinajstić information content (AvgIpc) is 3.48. The lowest BCUT2D eigenvalue weighted by atomic mass is 10.0. The Bertz CT molecular complexity index is 1260. The van der Waals surface area contributed by atoms with Crippen LogP contribution in [0, 0.1) is 11.3 Å². The van der Waals surface area contributed by atoms with Crippen LogP contribution < -0.4 is 15.9 Å². The number of hydrogen-bond acceptors (Lipinski definition) is 9. The molecule has 1 saturated heterocycles. The van der Waals surface area contributed by atoms with E-state index in [2.05, 4.69) is 31.9 Å². The molecule has 178 valence electrons. The van der Waals surface area contributed by atoms with Gasteiger partial charge in [-0.25, -0.2) is 9.20 Å². The number of nitrogens with zero attached hydrogens (tertiary/aromatic N) is 8. The van der Waals surface area contributed by atoms with Crippen LogP contribution >= 0.6 is 0 Å². The van der Waals surface area contributed by atoms with Gasteiger partial charge in [0.15, 0.2) is 0 Å². The van der Waals surface area contributed by atoms with E-state index >= 15 is 0 Å². The second-order valence-corrected chi connectivity index (χ2v) is 8.71. The Balaban J connectivity index is 1.71. The van der Waals surface area contributed by atoms with Gasteiger partial charge in [-0.1, -0.05) is 5.21 Å². The van der Waals surface area contributed by atoms with Gasteiger partial charge in [-0.2, -0.15) is 15.5 Å². The van der Waals surface area contributed by atoms with E-state index in [1.165, 1.54) is 6.20 Å². The highest BCUT2D eigenvalue weighted by molar-refractivity contribution is 6.47. The van der Waals surface area contributed by atoms with E-state index in [4.69, 9.17) is 15.6 Å². The summed E-state index contributed by atoms with van der Waals surface area (Å²) in [5.41, 5.74) is 3.67. The molecule has 0 aromatic carbocycles. The topological polar surface area (TPSA) is 144 Å². The van der Waals surface area contributed by atoms with Crippen molar-refractivity contribution in [3.63, 3.8) is 0 Å². The fraction of sp³-hybridized carbons (Fsp3) is 0.478. The van der Waals surface area contributed by atoms with Crippen LogP contribution in [0.1, 0.15) is 69.5 Å². The molecule has 1 fully saturated rings. The first kappa shape index (κ1) is 23.4. The number of fused-ring (bicyclic) bond motifs is 1. The molecule has 1 aliphatic rings. The first-order valence-electron chi connectivity index (χ1n) is 11.4. The van der Waals surface area contributed by atoms with E-state index in [0.29, 0.717) is 33.8 Å². The van der Waals surface area contributed by atoms with Crippen molar-refractivity contribution in [2.45, 2.75) is 58.7 Å². The molecule has 0 spiro atoms. The summed E-state index contributed by atoms with van der Waals surface area (Å²) < 4.78 is 9.69. The van der Waals surface area contributed by atoms with E-state index < -0.39 is 6.10 Å². The number of aromatic nitrogens is 5. The van der Waals surface area contributed by atoms with Gasteiger partial charge in [0.1, 0.15) is 40.4 Å². The van der Waals surface area contributed by atoms with Crippen molar-refractivity contribution in [1.82, 2.24) is 29.9 Å². The Kier molecular flexibility index (Phi) is 6.88. The minimum atomic E-state index is -0.407. The highest BCUT2D eigenvalue weighted by Gasteiger charge is 2.21. The van der Waals surface area contributed by atoms with Crippen LogP contribution in [0.3, 0.4) is 0 Å². The van der Waals surface area contributed by atoms with Gasteiger partial charge in [-0.3, -0.25) is 4.99 Å². The maximum Gasteiger partial charge on any atom is 0.148 e. The lowest BCUT2D eigenvalue weighted by molar-refractivity contribution is 0.223. The second kappa shape index (κ2) is 10.0. The van der Waals surface area contributed by atoms with Crippen molar-refractivity contribution in [2.75, 3.05) is 13.1 Å². The molecule has 1 atom stereocenters. The Morgan fingerprint density at radius 1 is 1.29 bits per heavy atom. The highest BCUT2D eigenvalue weighted by atomic mass is 16.5. The zero-order chi connectivity index (χ0) is 24.2. The number of hydrazone groups is 1. The predicted octanol–water partition coefficient (Wildman–Crippen LogP) is 2.39. The molecular formula is C23H30N10O. The molecule has 4 rings (SSSR count). The lowest BCUT2D eigenvalue weighted by Gasteiger charge is -2.20. The average molecular weight is 463 g/mol. The van der Waals surface area contributed by atoms with E-state index in [1.807, 2.05) is 40.0 Å². The van der Waals surface area contributed by atoms with Gasteiger partial charge < -0.3 is 15.9 Å². The van der Waals surface area contributed by atoms with Gasteiger partial charge in [0, 0.05) is 17.8 Å². The van der Waals surface area contributed by atoms with Crippen LogP contribution in [0.4, 0.5) is 0 Å². The zero-order valence-corrected chi connectivity index (χ0v) is 19.9. The van der Waals surface area contributed by atoms with Gasteiger partial charge in [0.05, 0.1) is 24.1 Å². The lowest BCUT2D eigenvalue weighted by Crippen LogP contribution is -2.31. The van der Waals surface area contributed by atoms with Crippen LogP contribution in [0.5, 0.6) is 5.75 Å². The molecule has 34 heavy (non-hydrogen) atoms. The summed E-state index contributed by atoms with van der Waals surface area (Å²) in [5, 5.41) is 29.8. The van der Waals surface area contributed by atoms with Gasteiger partial charge in [0.25, 0.3) is 0 Å². The van der Waals surface area contributed by atoms with Crippen molar-refractivity contribution >= 4 is 16.9 Å². The largest absolute Gasteiger partial charge is 0.482 e. The fourth-order valence-corrected chi connectivity index (χ4v) is 4.01.